The van der Waals surface area contributed by atoms with E-state index in [2.05, 4.69) is 59.8 Å². The number of fused-ring (bicyclic) bond motifs is 1. The number of ether oxygens (including phenoxy) is 3. The molecule has 0 saturated carbocycles. The maximum absolute atomic E-state index is 13.6. The summed E-state index contributed by atoms with van der Waals surface area (Å²) in [6.45, 7) is 13.7. The Morgan fingerprint density at radius 3 is 1.86 bits per heavy atom. The SMILES string of the molecule is CC(C)=CCC/C(C)=C/COc1c(OC/C=C(\C)CCC=C(C)C)c2ccc(OCc3ccccc3)cc2n(C)c1=O. The zero-order valence-corrected chi connectivity index (χ0v) is 26.5. The molecule has 0 unspecified atom stereocenters. The average Bonchev–Trinajstić information content (AvgIpc) is 2.96. The lowest BCUT2D eigenvalue weighted by Gasteiger charge is -2.17. The van der Waals surface area contributed by atoms with Crippen LogP contribution in [-0.2, 0) is 13.7 Å². The summed E-state index contributed by atoms with van der Waals surface area (Å²) in [5.41, 5.74) is 6.67. The molecule has 0 N–H and O–H groups in total. The molecule has 224 valence electrons. The van der Waals surface area contributed by atoms with Crippen LogP contribution >= 0.6 is 0 Å². The highest BCUT2D eigenvalue weighted by Gasteiger charge is 2.19. The molecule has 3 aromatic rings. The molecule has 0 aliphatic heterocycles. The van der Waals surface area contributed by atoms with Crippen LogP contribution < -0.4 is 19.8 Å². The second kappa shape index (κ2) is 16.5. The van der Waals surface area contributed by atoms with E-state index in [1.807, 2.05) is 54.6 Å². The maximum Gasteiger partial charge on any atom is 0.297 e. The predicted molar refractivity (Wildman–Crippen MR) is 176 cm³/mol. The molecule has 2 aromatic carbocycles. The molecule has 1 aromatic heterocycles. The largest absolute Gasteiger partial charge is 0.489 e. The molecule has 1 heterocycles. The third-order valence-electron chi connectivity index (χ3n) is 7.03. The highest BCUT2D eigenvalue weighted by molar-refractivity contribution is 5.89. The van der Waals surface area contributed by atoms with Crippen LogP contribution in [0.25, 0.3) is 10.9 Å². The highest BCUT2D eigenvalue weighted by Crippen LogP contribution is 2.35. The first-order valence-electron chi connectivity index (χ1n) is 14.8. The number of benzene rings is 2. The first-order chi connectivity index (χ1) is 20.2. The number of nitrogens with zero attached hydrogens (tertiary/aromatic N) is 1. The molecule has 3 rings (SSSR count). The van der Waals surface area contributed by atoms with Crippen molar-refractivity contribution in [2.24, 2.45) is 7.05 Å². The predicted octanol–water partition coefficient (Wildman–Crippen LogP) is 9.26. The fourth-order valence-electron chi connectivity index (χ4n) is 4.48. The van der Waals surface area contributed by atoms with Crippen molar-refractivity contribution in [2.45, 2.75) is 73.8 Å². The third-order valence-corrected chi connectivity index (χ3v) is 7.03. The lowest BCUT2D eigenvalue weighted by molar-refractivity contribution is 0.303. The first kappa shape index (κ1) is 32.5. The van der Waals surface area contributed by atoms with E-state index in [1.165, 1.54) is 22.3 Å². The fraction of sp³-hybridized carbons (Fsp3) is 0.378. The van der Waals surface area contributed by atoms with E-state index < -0.39 is 0 Å². The molecule has 0 bridgehead atoms. The van der Waals surface area contributed by atoms with Crippen molar-refractivity contribution in [2.75, 3.05) is 13.2 Å². The molecule has 0 amide bonds. The van der Waals surface area contributed by atoms with E-state index in [0.29, 0.717) is 31.3 Å². The molecule has 0 aliphatic carbocycles. The number of aromatic nitrogens is 1. The quantitative estimate of drug-likeness (QED) is 0.171. The minimum absolute atomic E-state index is 0.229. The van der Waals surface area contributed by atoms with Gasteiger partial charge in [0.25, 0.3) is 5.56 Å². The van der Waals surface area contributed by atoms with Crippen LogP contribution in [0, 0.1) is 0 Å². The van der Waals surface area contributed by atoms with Crippen molar-refractivity contribution in [3.05, 3.63) is 111 Å². The molecule has 0 saturated heterocycles. The first-order valence-corrected chi connectivity index (χ1v) is 14.8. The number of aryl methyl sites for hydroxylation is 1. The fourth-order valence-corrected chi connectivity index (χ4v) is 4.48. The van der Waals surface area contributed by atoms with Gasteiger partial charge in [0.2, 0.25) is 5.75 Å². The van der Waals surface area contributed by atoms with Crippen molar-refractivity contribution in [1.29, 1.82) is 0 Å². The van der Waals surface area contributed by atoms with Crippen LogP contribution in [0.4, 0.5) is 0 Å². The van der Waals surface area contributed by atoms with Gasteiger partial charge in [-0.1, -0.05) is 64.8 Å². The summed E-state index contributed by atoms with van der Waals surface area (Å²) in [4.78, 5) is 13.6. The average molecular weight is 570 g/mol. The minimum Gasteiger partial charge on any atom is -0.489 e. The molecule has 0 radical (unpaired) electrons. The molecular weight excluding hydrogens is 522 g/mol. The van der Waals surface area contributed by atoms with Gasteiger partial charge in [-0.2, -0.15) is 0 Å². The summed E-state index contributed by atoms with van der Waals surface area (Å²) >= 11 is 0. The Kier molecular flexibility index (Phi) is 12.7. The summed E-state index contributed by atoms with van der Waals surface area (Å²) in [6.07, 6.45) is 12.5. The van der Waals surface area contributed by atoms with Gasteiger partial charge in [-0.05, 0) is 97.1 Å². The van der Waals surface area contributed by atoms with Crippen molar-refractivity contribution in [1.82, 2.24) is 4.57 Å². The van der Waals surface area contributed by atoms with Crippen LogP contribution in [0.3, 0.4) is 0 Å². The Morgan fingerprint density at radius 2 is 1.29 bits per heavy atom. The number of allylic oxidation sites excluding steroid dienone is 6. The van der Waals surface area contributed by atoms with E-state index in [1.54, 1.807) is 11.6 Å². The number of hydrogen-bond donors (Lipinski definition) is 0. The topological polar surface area (TPSA) is 49.7 Å². The Hall–Kier alpha value is -3.99. The van der Waals surface area contributed by atoms with E-state index in [4.69, 9.17) is 14.2 Å². The summed E-state index contributed by atoms with van der Waals surface area (Å²) < 4.78 is 20.1. The second-order valence-electron chi connectivity index (χ2n) is 11.3. The van der Waals surface area contributed by atoms with Gasteiger partial charge in [-0.3, -0.25) is 4.79 Å². The van der Waals surface area contributed by atoms with Crippen molar-refractivity contribution in [3.63, 3.8) is 0 Å². The Balaban J connectivity index is 1.89. The van der Waals surface area contributed by atoms with Crippen LogP contribution in [-0.4, -0.2) is 17.8 Å². The second-order valence-corrected chi connectivity index (χ2v) is 11.3. The van der Waals surface area contributed by atoms with Gasteiger partial charge in [0.15, 0.2) is 5.75 Å². The molecule has 5 nitrogen and oxygen atoms in total. The van der Waals surface area contributed by atoms with Crippen LogP contribution in [0.15, 0.2) is 99.9 Å². The van der Waals surface area contributed by atoms with Gasteiger partial charge in [-0.15, -0.1) is 0 Å². The lowest BCUT2D eigenvalue weighted by Crippen LogP contribution is -2.21. The third kappa shape index (κ3) is 10.1. The van der Waals surface area contributed by atoms with E-state index >= 15 is 0 Å². The summed E-state index contributed by atoms with van der Waals surface area (Å²) in [6, 6.07) is 15.8. The number of rotatable bonds is 15. The van der Waals surface area contributed by atoms with Gasteiger partial charge in [0.1, 0.15) is 25.6 Å². The normalized spacial score (nSPS) is 11.8. The van der Waals surface area contributed by atoms with Crippen LogP contribution in [0.1, 0.15) is 72.8 Å². The van der Waals surface area contributed by atoms with Gasteiger partial charge in [0, 0.05) is 18.5 Å². The van der Waals surface area contributed by atoms with Crippen molar-refractivity contribution < 1.29 is 14.2 Å². The minimum atomic E-state index is -0.238. The molecule has 0 atom stereocenters. The standard InChI is InChI=1S/C37H47NO4/c1-27(2)13-11-15-29(5)21-23-40-35-33-20-19-32(42-26-31-17-9-8-10-18-31)25-34(33)38(7)37(39)36(35)41-24-22-30(6)16-12-14-28(3)4/h8-10,13-14,17-22,25H,11-12,15-16,23-24,26H2,1-7H3/b29-21+,30-22+. The van der Waals surface area contributed by atoms with E-state index in [-0.39, 0.29) is 11.3 Å². The van der Waals surface area contributed by atoms with Crippen molar-refractivity contribution >= 4 is 10.9 Å². The van der Waals surface area contributed by atoms with Crippen LogP contribution in [0.2, 0.25) is 0 Å². The Bertz CT molecular complexity index is 1500. The molecule has 0 fully saturated rings. The summed E-state index contributed by atoms with van der Waals surface area (Å²) in [5.74, 6) is 1.38. The molecule has 5 heteroatoms. The van der Waals surface area contributed by atoms with Crippen molar-refractivity contribution in [3.8, 4) is 17.2 Å². The summed E-state index contributed by atoms with van der Waals surface area (Å²) in [5, 5.41) is 0.805. The lowest BCUT2D eigenvalue weighted by atomic mass is 10.1. The number of pyridine rings is 1. The molecule has 0 aliphatic rings. The zero-order valence-electron chi connectivity index (χ0n) is 26.5. The molecular formula is C37H47NO4. The van der Waals surface area contributed by atoms with Gasteiger partial charge >= 0.3 is 0 Å². The Labute approximate surface area is 251 Å². The van der Waals surface area contributed by atoms with E-state index in [9.17, 15) is 4.79 Å². The smallest absolute Gasteiger partial charge is 0.297 e. The number of hydrogen-bond acceptors (Lipinski definition) is 4. The van der Waals surface area contributed by atoms with E-state index in [0.717, 1.165) is 42.1 Å². The summed E-state index contributed by atoms with van der Waals surface area (Å²) in [7, 11) is 1.76. The van der Waals surface area contributed by atoms with Gasteiger partial charge in [0.05, 0.1) is 5.52 Å². The zero-order chi connectivity index (χ0) is 30.5. The van der Waals surface area contributed by atoms with Gasteiger partial charge in [-0.25, -0.2) is 0 Å². The monoisotopic (exact) mass is 569 g/mol. The Morgan fingerprint density at radius 1 is 0.714 bits per heavy atom. The molecule has 0 spiro atoms. The highest BCUT2D eigenvalue weighted by atomic mass is 16.5. The molecule has 42 heavy (non-hydrogen) atoms. The van der Waals surface area contributed by atoms with Gasteiger partial charge < -0.3 is 18.8 Å². The maximum atomic E-state index is 13.6. The van der Waals surface area contributed by atoms with Crippen LogP contribution in [0.5, 0.6) is 17.2 Å².